The zero-order valence-electron chi connectivity index (χ0n) is 17.1. The van der Waals surface area contributed by atoms with E-state index in [4.69, 9.17) is 14.2 Å². The van der Waals surface area contributed by atoms with E-state index in [0.29, 0.717) is 22.9 Å². The second-order valence-electron chi connectivity index (χ2n) is 6.34. The van der Waals surface area contributed by atoms with Gasteiger partial charge in [0.15, 0.2) is 11.5 Å². The van der Waals surface area contributed by atoms with Gasteiger partial charge >= 0.3 is 0 Å². The van der Waals surface area contributed by atoms with Gasteiger partial charge in [-0.05, 0) is 48.9 Å². The molecule has 0 bridgehead atoms. The van der Waals surface area contributed by atoms with E-state index in [1.165, 1.54) is 21.1 Å². The first-order valence-electron chi connectivity index (χ1n) is 8.83. The van der Waals surface area contributed by atoms with E-state index >= 15 is 0 Å². The summed E-state index contributed by atoms with van der Waals surface area (Å²) in [5.74, 6) is 1.29. The van der Waals surface area contributed by atoms with Crippen LogP contribution in [0, 0.1) is 0 Å². The fourth-order valence-corrected chi connectivity index (χ4v) is 4.04. The van der Waals surface area contributed by atoms with E-state index in [-0.39, 0.29) is 6.54 Å². The molecule has 0 aliphatic rings. The molecule has 0 unspecified atom stereocenters. The summed E-state index contributed by atoms with van der Waals surface area (Å²) in [4.78, 5) is 12.7. The summed E-state index contributed by atoms with van der Waals surface area (Å²) in [6.45, 7) is 1.75. The van der Waals surface area contributed by atoms with Crippen molar-refractivity contribution in [1.29, 1.82) is 0 Å². The highest BCUT2D eigenvalue weighted by atomic mass is 32.2. The lowest BCUT2D eigenvalue weighted by atomic mass is 10.2. The lowest BCUT2D eigenvalue weighted by molar-refractivity contribution is -0.122. The van der Waals surface area contributed by atoms with Crippen LogP contribution < -0.4 is 23.8 Å². The van der Waals surface area contributed by atoms with Gasteiger partial charge in [-0.25, -0.2) is 8.42 Å². The molecule has 2 rings (SSSR count). The Morgan fingerprint density at radius 1 is 1.00 bits per heavy atom. The van der Waals surface area contributed by atoms with Gasteiger partial charge < -0.3 is 19.5 Å². The van der Waals surface area contributed by atoms with Crippen molar-refractivity contribution in [1.82, 2.24) is 5.32 Å². The summed E-state index contributed by atoms with van der Waals surface area (Å²) in [7, 11) is 0.903. The molecule has 158 valence electrons. The molecular formula is C20H26N2O6S. The average Bonchev–Trinajstić information content (AvgIpc) is 2.71. The maximum Gasteiger partial charge on any atom is 0.243 e. The summed E-state index contributed by atoms with van der Waals surface area (Å²) in [6.07, 6.45) is 1.06. The number of sulfonamides is 1. The molecule has 0 fully saturated rings. The van der Waals surface area contributed by atoms with Gasteiger partial charge in [-0.3, -0.25) is 9.10 Å². The van der Waals surface area contributed by atoms with Gasteiger partial charge in [0, 0.05) is 6.54 Å². The molecule has 1 N–H and O–H groups in total. The summed E-state index contributed by atoms with van der Waals surface area (Å²) >= 11 is 0. The number of anilines is 1. The summed E-state index contributed by atoms with van der Waals surface area (Å²) in [5, 5.41) is 2.77. The van der Waals surface area contributed by atoms with Gasteiger partial charge in [0.25, 0.3) is 0 Å². The van der Waals surface area contributed by atoms with Crippen LogP contribution in [-0.2, 0) is 21.4 Å². The quantitative estimate of drug-likeness (QED) is 0.666. The number of nitrogens with one attached hydrogen (secondary N) is 1. The first-order valence-corrected chi connectivity index (χ1v) is 10.7. The number of hydrogen-bond donors (Lipinski definition) is 1. The highest BCUT2D eigenvalue weighted by Gasteiger charge is 2.29. The molecule has 8 nitrogen and oxygen atoms in total. The van der Waals surface area contributed by atoms with Crippen molar-refractivity contribution < 1.29 is 27.4 Å². The highest BCUT2D eigenvalue weighted by molar-refractivity contribution is 7.92. The molecule has 29 heavy (non-hydrogen) atoms. The number of hydrogen-bond acceptors (Lipinski definition) is 6. The molecule has 0 spiro atoms. The first-order chi connectivity index (χ1) is 13.7. The number of methoxy groups -OCH3 is 3. The largest absolute Gasteiger partial charge is 0.497 e. The third-order valence-electron chi connectivity index (χ3n) is 4.33. The molecule has 1 atom stereocenters. The van der Waals surface area contributed by atoms with Crippen LogP contribution in [0.5, 0.6) is 17.2 Å². The predicted octanol–water partition coefficient (Wildman–Crippen LogP) is 2.18. The zero-order chi connectivity index (χ0) is 21.6. The Kier molecular flexibility index (Phi) is 7.33. The second kappa shape index (κ2) is 9.51. The van der Waals surface area contributed by atoms with Crippen LogP contribution in [0.4, 0.5) is 5.69 Å². The van der Waals surface area contributed by atoms with Crippen molar-refractivity contribution in [3.8, 4) is 17.2 Å². The van der Waals surface area contributed by atoms with Crippen molar-refractivity contribution in [2.75, 3.05) is 31.9 Å². The normalized spacial score (nSPS) is 12.0. The standard InChI is InChI=1S/C20H26N2O6S/c1-14(22(29(5,24)25)16-7-9-17(26-2)10-8-16)20(23)21-13-15-6-11-18(27-3)19(12-15)28-4/h6-12,14H,13H2,1-5H3,(H,21,23)/t14-/m0/s1. The van der Waals surface area contributed by atoms with E-state index in [1.54, 1.807) is 49.6 Å². The monoisotopic (exact) mass is 422 g/mol. The molecule has 9 heteroatoms. The van der Waals surface area contributed by atoms with Gasteiger partial charge in [-0.15, -0.1) is 0 Å². The van der Waals surface area contributed by atoms with E-state index < -0.39 is 22.0 Å². The Morgan fingerprint density at radius 3 is 2.14 bits per heavy atom. The SMILES string of the molecule is COc1ccc(N([C@@H](C)C(=O)NCc2ccc(OC)c(OC)c2)S(C)(=O)=O)cc1. The Labute approximate surface area is 171 Å². The maximum absolute atomic E-state index is 12.7. The molecule has 2 aromatic carbocycles. The molecule has 0 aliphatic carbocycles. The van der Waals surface area contributed by atoms with E-state index in [2.05, 4.69) is 5.32 Å². The summed E-state index contributed by atoms with van der Waals surface area (Å²) in [6, 6.07) is 10.8. The molecule has 1 amide bonds. The number of rotatable bonds is 9. The Hall–Kier alpha value is -2.94. The van der Waals surface area contributed by atoms with E-state index in [0.717, 1.165) is 16.1 Å². The number of carbonyl (C=O) groups excluding carboxylic acids is 1. The number of benzene rings is 2. The predicted molar refractivity (Wildman–Crippen MR) is 111 cm³/mol. The topological polar surface area (TPSA) is 94.2 Å². The Balaban J connectivity index is 2.17. The zero-order valence-corrected chi connectivity index (χ0v) is 17.9. The molecule has 0 heterocycles. The van der Waals surface area contributed by atoms with Gasteiger partial charge in [-0.2, -0.15) is 0 Å². The van der Waals surface area contributed by atoms with Gasteiger partial charge in [0.05, 0.1) is 33.3 Å². The van der Waals surface area contributed by atoms with E-state index in [9.17, 15) is 13.2 Å². The minimum atomic E-state index is -3.69. The van der Waals surface area contributed by atoms with Crippen LogP contribution in [0.15, 0.2) is 42.5 Å². The fraction of sp³-hybridized carbons (Fsp3) is 0.350. The van der Waals surface area contributed by atoms with Crippen LogP contribution >= 0.6 is 0 Å². The van der Waals surface area contributed by atoms with Gasteiger partial charge in [0.1, 0.15) is 11.8 Å². The van der Waals surface area contributed by atoms with Crippen molar-refractivity contribution in [3.63, 3.8) is 0 Å². The fourth-order valence-electron chi connectivity index (χ4n) is 2.87. The second-order valence-corrected chi connectivity index (χ2v) is 8.20. The molecule has 0 saturated carbocycles. The lowest BCUT2D eigenvalue weighted by Crippen LogP contribution is -2.47. The average molecular weight is 423 g/mol. The van der Waals surface area contributed by atoms with Crippen LogP contribution in [0.25, 0.3) is 0 Å². The van der Waals surface area contributed by atoms with Crippen molar-refractivity contribution in [2.45, 2.75) is 19.5 Å². The van der Waals surface area contributed by atoms with Crippen LogP contribution in [0.2, 0.25) is 0 Å². The minimum absolute atomic E-state index is 0.212. The molecular weight excluding hydrogens is 396 g/mol. The first kappa shape index (κ1) is 22.4. The Morgan fingerprint density at radius 2 is 1.62 bits per heavy atom. The van der Waals surface area contributed by atoms with Crippen LogP contribution in [0.1, 0.15) is 12.5 Å². The molecule has 0 aromatic heterocycles. The third-order valence-corrected chi connectivity index (χ3v) is 5.57. The molecule has 0 aliphatic heterocycles. The molecule has 0 radical (unpaired) electrons. The van der Waals surface area contributed by atoms with Gasteiger partial charge in [-0.1, -0.05) is 6.07 Å². The molecule has 0 saturated heterocycles. The number of ether oxygens (including phenoxy) is 3. The summed E-state index contributed by atoms with van der Waals surface area (Å²) < 4.78 is 41.3. The van der Waals surface area contributed by atoms with Crippen LogP contribution in [0.3, 0.4) is 0 Å². The number of nitrogens with zero attached hydrogens (tertiary/aromatic N) is 1. The van der Waals surface area contributed by atoms with E-state index in [1.807, 2.05) is 0 Å². The Bertz CT molecular complexity index is 944. The van der Waals surface area contributed by atoms with Crippen molar-refractivity contribution in [2.24, 2.45) is 0 Å². The highest BCUT2D eigenvalue weighted by Crippen LogP contribution is 2.27. The smallest absolute Gasteiger partial charge is 0.243 e. The van der Waals surface area contributed by atoms with Gasteiger partial charge in [0.2, 0.25) is 15.9 Å². The van der Waals surface area contributed by atoms with Crippen molar-refractivity contribution in [3.05, 3.63) is 48.0 Å². The number of amides is 1. The summed E-state index contributed by atoms with van der Waals surface area (Å²) in [5.41, 5.74) is 1.17. The minimum Gasteiger partial charge on any atom is -0.497 e. The molecule has 2 aromatic rings. The lowest BCUT2D eigenvalue weighted by Gasteiger charge is -2.28. The third kappa shape index (κ3) is 5.54. The van der Waals surface area contributed by atoms with Crippen molar-refractivity contribution >= 4 is 21.6 Å². The number of carbonyl (C=O) groups is 1. The van der Waals surface area contributed by atoms with Crippen LogP contribution in [-0.4, -0.2) is 48.0 Å². The maximum atomic E-state index is 12.7.